The molecule has 0 radical (unpaired) electrons. The Balaban J connectivity index is 2.82. The third-order valence-corrected chi connectivity index (χ3v) is 2.15. The minimum Gasteiger partial charge on any atom is -0.363 e. The van der Waals surface area contributed by atoms with Crippen molar-refractivity contribution in [2.24, 2.45) is 0 Å². The van der Waals surface area contributed by atoms with Gasteiger partial charge in [-0.25, -0.2) is 4.98 Å². The van der Waals surface area contributed by atoms with Gasteiger partial charge in [-0.2, -0.15) is 4.98 Å². The molecule has 0 aliphatic carbocycles. The fraction of sp³-hybridized carbons (Fsp3) is 0.600. The summed E-state index contributed by atoms with van der Waals surface area (Å²) < 4.78 is 0. The number of aromatic nitrogens is 2. The van der Waals surface area contributed by atoms with Gasteiger partial charge in [-0.3, -0.25) is 10.1 Å². The van der Waals surface area contributed by atoms with Gasteiger partial charge in [0.1, 0.15) is 6.20 Å². The zero-order valence-electron chi connectivity index (χ0n) is 10.8. The third kappa shape index (κ3) is 4.13. The van der Waals surface area contributed by atoms with Crippen LogP contribution in [0, 0.1) is 10.1 Å². The third-order valence-electron chi connectivity index (χ3n) is 2.15. The summed E-state index contributed by atoms with van der Waals surface area (Å²) >= 11 is 0. The summed E-state index contributed by atoms with van der Waals surface area (Å²) in [5.74, 6) is 0.628. The summed E-state index contributed by atoms with van der Waals surface area (Å²) in [6.45, 7) is 3.91. The second-order valence-corrected chi connectivity index (χ2v) is 3.94. The van der Waals surface area contributed by atoms with Crippen LogP contribution in [0.4, 0.5) is 17.5 Å². The Morgan fingerprint density at radius 2 is 2.17 bits per heavy atom. The van der Waals surface area contributed by atoms with Crippen molar-refractivity contribution in [3.05, 3.63) is 16.3 Å². The molecule has 8 nitrogen and oxygen atoms in total. The first-order valence-corrected chi connectivity index (χ1v) is 5.68. The van der Waals surface area contributed by atoms with Crippen molar-refractivity contribution < 1.29 is 4.92 Å². The molecule has 0 unspecified atom stereocenters. The van der Waals surface area contributed by atoms with E-state index in [0.29, 0.717) is 19.0 Å². The SMILES string of the molecule is CCNc1ncc([N+](=O)[O-])c(NCCN(C)C)n1. The number of hydrogen-bond acceptors (Lipinski definition) is 7. The minimum absolute atomic E-state index is 0.115. The number of nitrogens with zero attached hydrogens (tertiary/aromatic N) is 4. The van der Waals surface area contributed by atoms with Crippen LogP contribution in [0.2, 0.25) is 0 Å². The maximum Gasteiger partial charge on any atom is 0.329 e. The van der Waals surface area contributed by atoms with Crippen LogP contribution in [0.5, 0.6) is 0 Å². The van der Waals surface area contributed by atoms with Gasteiger partial charge >= 0.3 is 5.69 Å². The standard InChI is InChI=1S/C10H18N6O2/c1-4-11-10-13-7-8(16(17)18)9(14-10)12-5-6-15(2)3/h7H,4-6H2,1-3H3,(H2,11,12,13,14). The van der Waals surface area contributed by atoms with Crippen LogP contribution in [0.15, 0.2) is 6.20 Å². The maximum absolute atomic E-state index is 10.8. The lowest BCUT2D eigenvalue weighted by atomic mass is 10.4. The largest absolute Gasteiger partial charge is 0.363 e. The summed E-state index contributed by atoms with van der Waals surface area (Å²) in [5, 5.41) is 16.7. The fourth-order valence-corrected chi connectivity index (χ4v) is 1.28. The molecule has 0 atom stereocenters. The number of likely N-dealkylation sites (N-methyl/N-ethyl adjacent to an activating group) is 1. The van der Waals surface area contributed by atoms with Gasteiger partial charge in [0.15, 0.2) is 0 Å². The highest BCUT2D eigenvalue weighted by Gasteiger charge is 2.16. The molecule has 1 rings (SSSR count). The molecule has 0 aromatic carbocycles. The molecule has 0 aliphatic heterocycles. The first-order chi connectivity index (χ1) is 8.54. The lowest BCUT2D eigenvalue weighted by Crippen LogP contribution is -2.21. The van der Waals surface area contributed by atoms with Gasteiger partial charge in [-0.1, -0.05) is 0 Å². The molecule has 0 saturated heterocycles. The van der Waals surface area contributed by atoms with Gasteiger partial charge in [0.05, 0.1) is 4.92 Å². The molecule has 18 heavy (non-hydrogen) atoms. The predicted molar refractivity (Wildman–Crippen MR) is 69.9 cm³/mol. The Kier molecular flexibility index (Phi) is 5.25. The Morgan fingerprint density at radius 3 is 2.72 bits per heavy atom. The molecule has 2 N–H and O–H groups in total. The Hall–Kier alpha value is -1.96. The van der Waals surface area contributed by atoms with Gasteiger partial charge < -0.3 is 15.5 Å². The molecule has 1 heterocycles. The van der Waals surface area contributed by atoms with Crippen molar-refractivity contribution >= 4 is 17.5 Å². The van der Waals surface area contributed by atoms with Crippen molar-refractivity contribution in [2.45, 2.75) is 6.92 Å². The van der Waals surface area contributed by atoms with Crippen LogP contribution in [0.25, 0.3) is 0 Å². The van der Waals surface area contributed by atoms with Crippen molar-refractivity contribution in [1.29, 1.82) is 0 Å². The number of hydrogen-bond donors (Lipinski definition) is 2. The molecular formula is C10H18N6O2. The lowest BCUT2D eigenvalue weighted by molar-refractivity contribution is -0.384. The maximum atomic E-state index is 10.8. The Labute approximate surface area is 106 Å². The quantitative estimate of drug-likeness (QED) is 0.548. The molecule has 0 bridgehead atoms. The van der Waals surface area contributed by atoms with Gasteiger partial charge in [0.25, 0.3) is 0 Å². The van der Waals surface area contributed by atoms with E-state index in [1.165, 1.54) is 6.20 Å². The Morgan fingerprint density at radius 1 is 1.44 bits per heavy atom. The topological polar surface area (TPSA) is 96.2 Å². The molecule has 1 aromatic heterocycles. The van der Waals surface area contributed by atoms with Crippen LogP contribution in [-0.2, 0) is 0 Å². The van der Waals surface area contributed by atoms with E-state index >= 15 is 0 Å². The number of nitro groups is 1. The summed E-state index contributed by atoms with van der Waals surface area (Å²) in [6.07, 6.45) is 1.21. The average molecular weight is 254 g/mol. The summed E-state index contributed by atoms with van der Waals surface area (Å²) in [7, 11) is 3.86. The highest BCUT2D eigenvalue weighted by molar-refractivity contribution is 5.56. The van der Waals surface area contributed by atoms with Gasteiger partial charge in [0.2, 0.25) is 11.8 Å². The van der Waals surface area contributed by atoms with Crippen LogP contribution < -0.4 is 10.6 Å². The van der Waals surface area contributed by atoms with Crippen LogP contribution in [0.1, 0.15) is 6.92 Å². The summed E-state index contributed by atoms with van der Waals surface area (Å²) in [4.78, 5) is 20.3. The fourth-order valence-electron chi connectivity index (χ4n) is 1.28. The average Bonchev–Trinajstić information content (AvgIpc) is 2.29. The predicted octanol–water partition coefficient (Wildman–Crippen LogP) is 0.790. The molecule has 0 saturated carbocycles. The van der Waals surface area contributed by atoms with Crippen molar-refractivity contribution in [3.63, 3.8) is 0 Å². The molecule has 100 valence electrons. The highest BCUT2D eigenvalue weighted by Crippen LogP contribution is 2.21. The summed E-state index contributed by atoms with van der Waals surface area (Å²) in [5.41, 5.74) is -0.115. The van der Waals surface area contributed by atoms with Crippen LogP contribution >= 0.6 is 0 Å². The Bertz CT molecular complexity index is 409. The number of rotatable bonds is 7. The monoisotopic (exact) mass is 254 g/mol. The smallest absolute Gasteiger partial charge is 0.329 e. The number of nitrogens with one attached hydrogen (secondary N) is 2. The molecule has 8 heteroatoms. The van der Waals surface area contributed by atoms with Gasteiger partial charge in [0, 0.05) is 19.6 Å². The van der Waals surface area contributed by atoms with E-state index in [9.17, 15) is 10.1 Å². The molecule has 0 amide bonds. The van der Waals surface area contributed by atoms with Crippen LogP contribution in [0.3, 0.4) is 0 Å². The van der Waals surface area contributed by atoms with Crippen LogP contribution in [-0.4, -0.2) is 53.5 Å². The van der Waals surface area contributed by atoms with E-state index in [-0.39, 0.29) is 11.5 Å². The van der Waals surface area contributed by atoms with Gasteiger partial charge in [-0.05, 0) is 21.0 Å². The zero-order valence-corrected chi connectivity index (χ0v) is 10.8. The molecule has 0 spiro atoms. The highest BCUT2D eigenvalue weighted by atomic mass is 16.6. The van der Waals surface area contributed by atoms with Crippen molar-refractivity contribution in [1.82, 2.24) is 14.9 Å². The first-order valence-electron chi connectivity index (χ1n) is 5.68. The van der Waals surface area contributed by atoms with E-state index in [4.69, 9.17) is 0 Å². The summed E-state index contributed by atoms with van der Waals surface area (Å²) in [6, 6.07) is 0. The molecule has 0 aliphatic rings. The van der Waals surface area contributed by atoms with Crippen molar-refractivity contribution in [2.75, 3.05) is 44.4 Å². The van der Waals surface area contributed by atoms with Gasteiger partial charge in [-0.15, -0.1) is 0 Å². The van der Waals surface area contributed by atoms with E-state index in [2.05, 4.69) is 20.6 Å². The van der Waals surface area contributed by atoms with E-state index in [0.717, 1.165) is 6.54 Å². The minimum atomic E-state index is -0.492. The van der Waals surface area contributed by atoms with Crippen molar-refractivity contribution in [3.8, 4) is 0 Å². The van der Waals surface area contributed by atoms with E-state index in [1.54, 1.807) is 0 Å². The van der Waals surface area contributed by atoms with E-state index in [1.807, 2.05) is 25.9 Å². The molecule has 0 fully saturated rings. The zero-order chi connectivity index (χ0) is 13.5. The normalized spacial score (nSPS) is 10.4. The second-order valence-electron chi connectivity index (χ2n) is 3.94. The van der Waals surface area contributed by atoms with E-state index < -0.39 is 4.92 Å². The first kappa shape index (κ1) is 14.1. The lowest BCUT2D eigenvalue weighted by Gasteiger charge is -2.11. The number of anilines is 2. The molecular weight excluding hydrogens is 236 g/mol. The second kappa shape index (κ2) is 6.70. The molecule has 1 aromatic rings.